The van der Waals surface area contributed by atoms with Crippen LogP contribution in [0.2, 0.25) is 0 Å². The van der Waals surface area contributed by atoms with Crippen LogP contribution in [0.1, 0.15) is 80.4 Å². The largest absolute Gasteiger partial charge is 0.466 e. The Labute approximate surface area is 155 Å². The zero-order valence-electron chi connectivity index (χ0n) is 17.8. The van der Waals surface area contributed by atoms with Gasteiger partial charge in [-0.25, -0.2) is 0 Å². The fraction of sp³-hybridized carbons (Fsp3) is 0.609. The third-order valence-electron chi connectivity index (χ3n) is 3.22. The predicted octanol–water partition coefficient (Wildman–Crippen LogP) is 5.98. The van der Waals surface area contributed by atoms with Crippen LogP contribution in [0.15, 0.2) is 24.3 Å². The fourth-order valence-corrected chi connectivity index (χ4v) is 1.66. The normalized spacial score (nSPS) is 11.6. The lowest BCUT2D eigenvalue weighted by molar-refractivity contribution is -0.152. The molecule has 0 heterocycles. The van der Waals surface area contributed by atoms with Gasteiger partial charge in [0.1, 0.15) is 0 Å². The highest BCUT2D eigenvalue weighted by Gasteiger charge is 2.21. The molecule has 0 radical (unpaired) electrons. The number of carbonyl (C=O) groups excluding carboxylic acids is 1. The first kappa shape index (κ1) is 23.2. The molecule has 0 unspecified atom stereocenters. The summed E-state index contributed by atoms with van der Waals surface area (Å²) < 4.78 is 4.77. The van der Waals surface area contributed by atoms with Crippen molar-refractivity contribution in [3.63, 3.8) is 0 Å². The van der Waals surface area contributed by atoms with Gasteiger partial charge in [-0.05, 0) is 71.6 Å². The smallest absolute Gasteiger partial charge is 0.311 e. The average molecular weight is 345 g/mol. The Hall–Kier alpha value is -1.75. The summed E-state index contributed by atoms with van der Waals surface area (Å²) in [5.74, 6) is 6.33. The van der Waals surface area contributed by atoms with Gasteiger partial charge in [-0.1, -0.05) is 44.7 Å². The van der Waals surface area contributed by atoms with Crippen molar-refractivity contribution in [1.82, 2.24) is 0 Å². The van der Waals surface area contributed by atoms with E-state index in [2.05, 4.69) is 77.6 Å². The number of rotatable bonds is 1. The van der Waals surface area contributed by atoms with Crippen LogP contribution in [0.4, 0.5) is 0 Å². The maximum atomic E-state index is 10.8. The zero-order chi connectivity index (χ0) is 19.9. The summed E-state index contributed by atoms with van der Waals surface area (Å²) >= 11 is 0. The van der Waals surface area contributed by atoms with Crippen LogP contribution in [0.25, 0.3) is 0 Å². The monoisotopic (exact) mass is 344 g/mol. The van der Waals surface area contributed by atoms with E-state index in [9.17, 15) is 4.79 Å². The highest BCUT2D eigenvalue weighted by Crippen LogP contribution is 2.22. The summed E-state index contributed by atoms with van der Waals surface area (Å²) in [7, 11) is 0. The van der Waals surface area contributed by atoms with E-state index in [4.69, 9.17) is 4.74 Å². The van der Waals surface area contributed by atoms with E-state index in [1.807, 2.05) is 27.7 Å². The van der Waals surface area contributed by atoms with Crippen molar-refractivity contribution in [2.45, 2.75) is 74.7 Å². The fourth-order valence-electron chi connectivity index (χ4n) is 1.66. The summed E-state index contributed by atoms with van der Waals surface area (Å²) in [5.41, 5.74) is 2.39. The first-order valence-corrected chi connectivity index (χ1v) is 8.98. The maximum Gasteiger partial charge on any atom is 0.311 e. The Morgan fingerprint density at radius 2 is 1.40 bits per heavy atom. The molecule has 1 aromatic rings. The first-order valence-electron chi connectivity index (χ1n) is 8.98. The number of esters is 1. The Kier molecular flexibility index (Phi) is 8.45. The van der Waals surface area contributed by atoms with Crippen LogP contribution >= 0.6 is 0 Å². The lowest BCUT2D eigenvalue weighted by atomic mass is 9.86. The second-order valence-corrected chi connectivity index (χ2v) is 9.30. The molecule has 0 amide bonds. The van der Waals surface area contributed by atoms with Crippen molar-refractivity contribution in [1.29, 1.82) is 0 Å². The Bertz CT molecular complexity index is 591. The number of ether oxygens (including phenoxy) is 1. The van der Waals surface area contributed by atoms with Gasteiger partial charge in [0.15, 0.2) is 0 Å². The third kappa shape index (κ3) is 10.7. The maximum absolute atomic E-state index is 10.8. The number of hydrogen-bond acceptors (Lipinski definition) is 2. The number of hydrogen-bond donors (Lipinski definition) is 0. The molecule has 0 N–H and O–H groups in total. The quantitative estimate of drug-likeness (QED) is 0.463. The molecule has 140 valence electrons. The third-order valence-corrected chi connectivity index (χ3v) is 3.22. The van der Waals surface area contributed by atoms with E-state index in [1.165, 1.54) is 5.56 Å². The molecule has 0 aromatic heterocycles. The van der Waals surface area contributed by atoms with Gasteiger partial charge in [-0.15, -0.1) is 0 Å². The molecule has 1 aromatic carbocycles. The highest BCUT2D eigenvalue weighted by atomic mass is 16.5. The standard InChI is InChI=1S/C16H22.C7H14O2/c1-15(2,3)12-11-13-7-9-14(10-8-13)16(4,5)6;1-5-9-6(8)7(2,3)4/h7-10H,1-6H3;5H2,1-4H3. The molecule has 0 fully saturated rings. The van der Waals surface area contributed by atoms with Crippen LogP contribution in [0.3, 0.4) is 0 Å². The molecule has 1 rings (SSSR count). The van der Waals surface area contributed by atoms with Gasteiger partial charge in [-0.2, -0.15) is 0 Å². The molecule has 2 heteroatoms. The lowest BCUT2D eigenvalue weighted by Crippen LogP contribution is -2.22. The molecule has 0 bridgehead atoms. The highest BCUT2D eigenvalue weighted by molar-refractivity contribution is 5.75. The Balaban J connectivity index is 0.000000547. The summed E-state index contributed by atoms with van der Waals surface area (Å²) in [6.07, 6.45) is 0. The van der Waals surface area contributed by atoms with Crippen LogP contribution in [-0.4, -0.2) is 12.6 Å². The van der Waals surface area contributed by atoms with Gasteiger partial charge < -0.3 is 4.74 Å². The SMILES string of the molecule is CC(C)(C)C#Cc1ccc(C(C)(C)C)cc1.CCOC(=O)C(C)(C)C. The number of carbonyl (C=O) groups is 1. The van der Waals surface area contributed by atoms with Gasteiger partial charge in [-0.3, -0.25) is 4.79 Å². The molecule has 0 atom stereocenters. The molecule has 0 aliphatic heterocycles. The Morgan fingerprint density at radius 3 is 1.68 bits per heavy atom. The van der Waals surface area contributed by atoms with Crippen molar-refractivity contribution in [2.75, 3.05) is 6.61 Å². The summed E-state index contributed by atoms with van der Waals surface area (Å²) in [6, 6.07) is 8.57. The van der Waals surface area contributed by atoms with Crippen molar-refractivity contribution >= 4 is 5.97 Å². The second-order valence-electron chi connectivity index (χ2n) is 9.30. The van der Waals surface area contributed by atoms with Gasteiger partial charge in [0.2, 0.25) is 0 Å². The van der Waals surface area contributed by atoms with E-state index < -0.39 is 0 Å². The van der Waals surface area contributed by atoms with Gasteiger partial charge in [0.25, 0.3) is 0 Å². The van der Waals surface area contributed by atoms with E-state index in [-0.39, 0.29) is 22.2 Å². The summed E-state index contributed by atoms with van der Waals surface area (Å²) in [4.78, 5) is 10.8. The van der Waals surface area contributed by atoms with Crippen LogP contribution in [0, 0.1) is 22.7 Å². The molecule has 0 saturated heterocycles. The van der Waals surface area contributed by atoms with Crippen molar-refractivity contribution in [3.05, 3.63) is 35.4 Å². The molecule has 0 spiro atoms. The first-order chi connectivity index (χ1) is 11.2. The minimum Gasteiger partial charge on any atom is -0.466 e. The van der Waals surface area contributed by atoms with E-state index in [0.29, 0.717) is 6.61 Å². The molecular formula is C23H36O2. The van der Waals surface area contributed by atoms with Crippen LogP contribution < -0.4 is 0 Å². The predicted molar refractivity (Wildman–Crippen MR) is 108 cm³/mol. The Morgan fingerprint density at radius 1 is 0.920 bits per heavy atom. The molecular weight excluding hydrogens is 308 g/mol. The molecule has 25 heavy (non-hydrogen) atoms. The van der Waals surface area contributed by atoms with E-state index >= 15 is 0 Å². The summed E-state index contributed by atoms with van der Waals surface area (Å²) in [6.45, 7) is 20.9. The van der Waals surface area contributed by atoms with Gasteiger partial charge in [0, 0.05) is 11.0 Å². The van der Waals surface area contributed by atoms with Crippen molar-refractivity contribution in [2.24, 2.45) is 10.8 Å². The topological polar surface area (TPSA) is 26.3 Å². The van der Waals surface area contributed by atoms with Crippen molar-refractivity contribution in [3.8, 4) is 11.8 Å². The van der Waals surface area contributed by atoms with E-state index in [0.717, 1.165) is 5.56 Å². The van der Waals surface area contributed by atoms with Crippen molar-refractivity contribution < 1.29 is 9.53 Å². The minimum absolute atomic E-state index is 0.0721. The van der Waals surface area contributed by atoms with Crippen LogP contribution in [0.5, 0.6) is 0 Å². The van der Waals surface area contributed by atoms with Gasteiger partial charge >= 0.3 is 5.97 Å². The number of benzene rings is 1. The summed E-state index contributed by atoms with van der Waals surface area (Å²) in [5, 5.41) is 0. The molecule has 0 aliphatic rings. The second kappa shape index (κ2) is 9.09. The molecule has 0 aliphatic carbocycles. The zero-order valence-corrected chi connectivity index (χ0v) is 17.8. The lowest BCUT2D eigenvalue weighted by Gasteiger charge is -2.18. The van der Waals surface area contributed by atoms with Gasteiger partial charge in [0.05, 0.1) is 12.0 Å². The minimum atomic E-state index is -0.351. The molecule has 2 nitrogen and oxygen atoms in total. The average Bonchev–Trinajstić information content (AvgIpc) is 2.44. The van der Waals surface area contributed by atoms with Crippen LogP contribution in [-0.2, 0) is 14.9 Å². The van der Waals surface area contributed by atoms with E-state index in [1.54, 1.807) is 0 Å². The molecule has 0 saturated carbocycles.